The molecule has 26 heavy (non-hydrogen) atoms. The molecule has 2 amide bonds. The smallest absolute Gasteiger partial charge is 0.254 e. The van der Waals surface area contributed by atoms with Gasteiger partial charge in [0.25, 0.3) is 5.91 Å². The minimum atomic E-state index is -1.11. The van der Waals surface area contributed by atoms with Crippen LogP contribution < -0.4 is 0 Å². The predicted octanol–water partition coefficient (Wildman–Crippen LogP) is 2.78. The summed E-state index contributed by atoms with van der Waals surface area (Å²) in [7, 11) is 0. The van der Waals surface area contributed by atoms with Gasteiger partial charge in [-0.1, -0.05) is 0 Å². The van der Waals surface area contributed by atoms with Crippen LogP contribution in [0.2, 0.25) is 0 Å². The fourth-order valence-electron chi connectivity index (χ4n) is 4.95. The number of amides is 2. The summed E-state index contributed by atoms with van der Waals surface area (Å²) in [5.74, 6) is 0.0700. The highest BCUT2D eigenvalue weighted by Crippen LogP contribution is 2.57. The zero-order chi connectivity index (χ0) is 18.4. The topological polar surface area (TPSA) is 60.9 Å². The average molecular weight is 377 g/mol. The molecule has 0 bridgehead atoms. The Bertz CT molecular complexity index is 673. The molecule has 2 saturated carbocycles. The van der Waals surface area contributed by atoms with Crippen molar-refractivity contribution < 1.29 is 14.7 Å². The van der Waals surface area contributed by atoms with E-state index in [1.54, 1.807) is 18.3 Å². The second-order valence-corrected chi connectivity index (χ2v) is 9.17. The van der Waals surface area contributed by atoms with Crippen LogP contribution in [-0.4, -0.2) is 51.5 Å². The average Bonchev–Trinajstić information content (AvgIpc) is 3.01. The van der Waals surface area contributed by atoms with Crippen molar-refractivity contribution in [2.24, 2.45) is 5.41 Å². The van der Waals surface area contributed by atoms with Crippen molar-refractivity contribution in [3.05, 3.63) is 22.4 Å². The molecule has 3 aliphatic rings. The molecule has 1 atom stereocenters. The van der Waals surface area contributed by atoms with Gasteiger partial charge in [-0.15, -0.1) is 0 Å². The van der Waals surface area contributed by atoms with Gasteiger partial charge in [0.2, 0.25) is 5.91 Å². The first kappa shape index (κ1) is 18.0. The molecule has 0 radical (unpaired) electrons. The fourth-order valence-corrected chi connectivity index (χ4v) is 5.61. The molecule has 142 valence electrons. The van der Waals surface area contributed by atoms with E-state index in [1.807, 2.05) is 15.2 Å². The summed E-state index contributed by atoms with van der Waals surface area (Å²) in [5, 5.41) is 14.7. The van der Waals surface area contributed by atoms with Crippen LogP contribution in [0.15, 0.2) is 16.8 Å². The Morgan fingerprint density at radius 2 is 1.96 bits per heavy atom. The summed E-state index contributed by atoms with van der Waals surface area (Å²) >= 11 is 1.66. The maximum Gasteiger partial charge on any atom is 0.254 e. The quantitative estimate of drug-likeness (QED) is 0.879. The largest absolute Gasteiger partial charge is 0.380 e. The van der Waals surface area contributed by atoms with Crippen molar-refractivity contribution in [3.8, 4) is 0 Å². The maximum absolute atomic E-state index is 12.7. The van der Waals surface area contributed by atoms with Crippen molar-refractivity contribution in [1.29, 1.82) is 0 Å². The summed E-state index contributed by atoms with van der Waals surface area (Å²) in [4.78, 5) is 28.8. The van der Waals surface area contributed by atoms with E-state index in [9.17, 15) is 14.7 Å². The van der Waals surface area contributed by atoms with Gasteiger partial charge in [-0.2, -0.15) is 11.3 Å². The summed E-state index contributed by atoms with van der Waals surface area (Å²) in [6.45, 7) is 3.77. The highest BCUT2D eigenvalue weighted by Gasteiger charge is 2.59. The Kier molecular flexibility index (Phi) is 4.59. The second-order valence-electron chi connectivity index (χ2n) is 8.39. The summed E-state index contributed by atoms with van der Waals surface area (Å²) in [6.07, 6.45) is 6.02. The van der Waals surface area contributed by atoms with Crippen LogP contribution >= 0.6 is 11.3 Å². The van der Waals surface area contributed by atoms with Crippen molar-refractivity contribution >= 4 is 23.2 Å². The van der Waals surface area contributed by atoms with Crippen LogP contribution in [0, 0.1) is 5.41 Å². The number of carbonyl (C=O) groups is 2. The Morgan fingerprint density at radius 3 is 2.54 bits per heavy atom. The third-order valence-corrected chi connectivity index (χ3v) is 7.47. The molecule has 1 unspecified atom stereocenters. The van der Waals surface area contributed by atoms with Gasteiger partial charge in [-0.25, -0.2) is 0 Å². The standard InChI is InChI=1S/C20H28N2O3S/c1-15(23)22(13-16-4-11-26-14-16)17-12-19(17)7-9-21(10-8-19)18(24)20(25)5-2-3-6-20/h4,11,14,17,25H,2-3,5-10,12-13H2,1H3. The molecule has 2 aliphatic carbocycles. The number of thiophene rings is 1. The van der Waals surface area contributed by atoms with Crippen LogP contribution in [0.4, 0.5) is 0 Å². The Labute approximate surface area is 159 Å². The normalized spacial score (nSPS) is 26.1. The number of rotatable bonds is 4. The van der Waals surface area contributed by atoms with Gasteiger partial charge in [0.15, 0.2) is 0 Å². The number of carbonyl (C=O) groups excluding carboxylic acids is 2. The number of hydrogen-bond acceptors (Lipinski definition) is 4. The Hall–Kier alpha value is -1.40. The number of piperidine rings is 1. The molecule has 1 saturated heterocycles. The van der Waals surface area contributed by atoms with E-state index in [-0.39, 0.29) is 17.2 Å². The molecule has 1 aliphatic heterocycles. The molecule has 1 aromatic heterocycles. The molecule has 3 fully saturated rings. The summed E-state index contributed by atoms with van der Waals surface area (Å²) in [5.41, 5.74) is 0.262. The zero-order valence-electron chi connectivity index (χ0n) is 15.4. The monoisotopic (exact) mass is 376 g/mol. The molecule has 0 aromatic carbocycles. The van der Waals surface area contributed by atoms with Crippen LogP contribution in [0.1, 0.15) is 57.4 Å². The minimum Gasteiger partial charge on any atom is -0.380 e. The maximum atomic E-state index is 12.7. The molecule has 6 heteroatoms. The number of hydrogen-bond donors (Lipinski definition) is 1. The first-order valence-electron chi connectivity index (χ1n) is 9.74. The SMILES string of the molecule is CC(=O)N(Cc1ccsc1)C1CC12CCN(C(=O)C1(O)CCCC1)CC2. The first-order valence-corrected chi connectivity index (χ1v) is 10.7. The van der Waals surface area contributed by atoms with E-state index < -0.39 is 5.60 Å². The zero-order valence-corrected chi connectivity index (χ0v) is 16.3. The minimum absolute atomic E-state index is 0.0660. The number of aliphatic hydroxyl groups is 1. The number of likely N-dealkylation sites (tertiary alicyclic amines) is 1. The molecule has 4 rings (SSSR count). The van der Waals surface area contributed by atoms with E-state index >= 15 is 0 Å². The highest BCUT2D eigenvalue weighted by atomic mass is 32.1. The Balaban J connectivity index is 1.37. The van der Waals surface area contributed by atoms with Crippen molar-refractivity contribution in [3.63, 3.8) is 0 Å². The van der Waals surface area contributed by atoms with Gasteiger partial charge in [-0.3, -0.25) is 9.59 Å². The van der Waals surface area contributed by atoms with Crippen LogP contribution in [-0.2, 0) is 16.1 Å². The third kappa shape index (κ3) is 3.18. The highest BCUT2D eigenvalue weighted by molar-refractivity contribution is 7.07. The van der Waals surface area contributed by atoms with Crippen molar-refractivity contribution in [2.45, 2.75) is 70.1 Å². The van der Waals surface area contributed by atoms with Crippen molar-refractivity contribution in [1.82, 2.24) is 9.80 Å². The van der Waals surface area contributed by atoms with Gasteiger partial charge in [-0.05, 0) is 72.8 Å². The molecule has 1 N–H and O–H groups in total. The third-order valence-electron chi connectivity index (χ3n) is 6.74. The predicted molar refractivity (Wildman–Crippen MR) is 101 cm³/mol. The van der Waals surface area contributed by atoms with Crippen LogP contribution in [0.25, 0.3) is 0 Å². The van der Waals surface area contributed by atoms with E-state index in [1.165, 1.54) is 5.56 Å². The lowest BCUT2D eigenvalue weighted by molar-refractivity contribution is -0.152. The van der Waals surface area contributed by atoms with Crippen LogP contribution in [0.5, 0.6) is 0 Å². The van der Waals surface area contributed by atoms with Gasteiger partial charge >= 0.3 is 0 Å². The van der Waals surface area contributed by atoms with Gasteiger partial charge in [0.1, 0.15) is 5.60 Å². The van der Waals surface area contributed by atoms with E-state index in [2.05, 4.69) is 11.4 Å². The van der Waals surface area contributed by atoms with Crippen LogP contribution in [0.3, 0.4) is 0 Å². The molecule has 2 heterocycles. The fraction of sp³-hybridized carbons (Fsp3) is 0.700. The molecule has 1 aromatic rings. The van der Waals surface area contributed by atoms with Crippen molar-refractivity contribution in [2.75, 3.05) is 13.1 Å². The lowest BCUT2D eigenvalue weighted by atomic mass is 9.90. The van der Waals surface area contributed by atoms with Gasteiger partial charge in [0, 0.05) is 32.6 Å². The van der Waals surface area contributed by atoms with Gasteiger partial charge < -0.3 is 14.9 Å². The Morgan fingerprint density at radius 1 is 1.27 bits per heavy atom. The molecule has 1 spiro atoms. The van der Waals surface area contributed by atoms with E-state index in [4.69, 9.17) is 0 Å². The molecule has 5 nitrogen and oxygen atoms in total. The van der Waals surface area contributed by atoms with E-state index in [0.29, 0.717) is 38.5 Å². The molecular formula is C20H28N2O3S. The summed E-state index contributed by atoms with van der Waals surface area (Å²) in [6, 6.07) is 2.38. The number of nitrogens with zero attached hydrogens (tertiary/aromatic N) is 2. The van der Waals surface area contributed by atoms with E-state index in [0.717, 1.165) is 32.1 Å². The lowest BCUT2D eigenvalue weighted by Crippen LogP contribution is -2.51. The molecular weight excluding hydrogens is 348 g/mol. The first-order chi connectivity index (χ1) is 12.4. The second kappa shape index (κ2) is 6.64. The van der Waals surface area contributed by atoms with Gasteiger partial charge in [0.05, 0.1) is 0 Å². The lowest BCUT2D eigenvalue weighted by Gasteiger charge is -2.37. The summed E-state index contributed by atoms with van der Waals surface area (Å²) < 4.78 is 0.